The van der Waals surface area contributed by atoms with Gasteiger partial charge in [0.1, 0.15) is 11.5 Å². The Bertz CT molecular complexity index is 1970. The number of carbonyl (C=O) groups excluding carboxylic acids is 1. The molecule has 0 spiro atoms. The molecule has 0 saturated carbocycles. The second kappa shape index (κ2) is 9.66. The van der Waals surface area contributed by atoms with Crippen LogP contribution in [0.3, 0.4) is 0 Å². The molecule has 0 aliphatic carbocycles. The molecule has 0 fully saturated rings. The molecule has 0 radical (unpaired) electrons. The monoisotopic (exact) mass is 536 g/mol. The molecular formula is C29H21FN6O4. The number of nitrogens with zero attached hydrogens (tertiary/aromatic N) is 3. The van der Waals surface area contributed by atoms with Gasteiger partial charge in [-0.25, -0.2) is 4.39 Å². The van der Waals surface area contributed by atoms with Gasteiger partial charge in [-0.1, -0.05) is 18.2 Å². The summed E-state index contributed by atoms with van der Waals surface area (Å²) in [7, 11) is 0. The van der Waals surface area contributed by atoms with Gasteiger partial charge in [-0.05, 0) is 72.1 Å². The predicted molar refractivity (Wildman–Crippen MR) is 150 cm³/mol. The molecule has 0 saturated heterocycles. The number of fused-ring (bicyclic) bond motifs is 5. The van der Waals surface area contributed by atoms with Crippen LogP contribution >= 0.6 is 0 Å². The van der Waals surface area contributed by atoms with Crippen molar-refractivity contribution in [3.63, 3.8) is 0 Å². The number of azo groups is 1. The first-order valence-corrected chi connectivity index (χ1v) is 12.0. The van der Waals surface area contributed by atoms with Gasteiger partial charge < -0.3 is 21.1 Å². The van der Waals surface area contributed by atoms with Crippen LogP contribution in [0, 0.1) is 5.82 Å². The Kier molecular flexibility index (Phi) is 5.99. The Morgan fingerprint density at radius 3 is 2.50 bits per heavy atom. The van der Waals surface area contributed by atoms with Gasteiger partial charge in [-0.2, -0.15) is 5.11 Å². The summed E-state index contributed by atoms with van der Waals surface area (Å²) in [6.45, 7) is 0. The maximum atomic E-state index is 14.1. The van der Waals surface area contributed by atoms with E-state index in [1.165, 1.54) is 36.4 Å². The van der Waals surface area contributed by atoms with Gasteiger partial charge in [0.15, 0.2) is 5.75 Å². The number of nitrogen functional groups attached to an aromatic ring is 1. The number of hydrogen-bond acceptors (Lipinski definition) is 8. The molecule has 198 valence electrons. The van der Waals surface area contributed by atoms with E-state index in [0.29, 0.717) is 44.0 Å². The third-order valence-corrected chi connectivity index (χ3v) is 6.52. The van der Waals surface area contributed by atoms with E-state index in [9.17, 15) is 24.7 Å². The number of amides is 1. The summed E-state index contributed by atoms with van der Waals surface area (Å²) in [6, 6.07) is 22.0. The topological polar surface area (TPSA) is 160 Å². The second-order valence-electron chi connectivity index (χ2n) is 9.11. The number of H-pyrrole nitrogens is 1. The maximum absolute atomic E-state index is 14.1. The van der Waals surface area contributed by atoms with Gasteiger partial charge in [0.05, 0.1) is 22.5 Å². The summed E-state index contributed by atoms with van der Waals surface area (Å²) in [5, 5.41) is 43.6. The Hall–Kier alpha value is -5.52. The maximum Gasteiger partial charge on any atom is 0.259 e. The minimum atomic E-state index is -0.665. The van der Waals surface area contributed by atoms with Crippen molar-refractivity contribution in [2.75, 3.05) is 16.3 Å². The molecule has 1 amide bonds. The SMILES string of the molecule is Nc1ccc(N=Nc2c(O)c(C(=O)Nc3cccc(N(O)O)c3)cc3ccc4c5cc(F)ccc5[nH]c4c23)cc1. The number of benzene rings is 5. The lowest BCUT2D eigenvalue weighted by Gasteiger charge is -2.13. The average molecular weight is 537 g/mol. The normalized spacial score (nSPS) is 11.6. The van der Waals surface area contributed by atoms with E-state index in [-0.39, 0.29) is 33.7 Å². The van der Waals surface area contributed by atoms with Crippen LogP contribution in [-0.4, -0.2) is 26.4 Å². The number of aromatic hydroxyl groups is 1. The summed E-state index contributed by atoms with van der Waals surface area (Å²) in [6.07, 6.45) is 0. The Labute approximate surface area is 225 Å². The van der Waals surface area contributed by atoms with Crippen molar-refractivity contribution in [3.05, 3.63) is 96.3 Å². The zero-order valence-electron chi connectivity index (χ0n) is 20.6. The predicted octanol–water partition coefficient (Wildman–Crippen LogP) is 7.15. The lowest BCUT2D eigenvalue weighted by Crippen LogP contribution is -2.14. The molecule has 5 aromatic carbocycles. The third-order valence-electron chi connectivity index (χ3n) is 6.52. The molecule has 0 unspecified atom stereocenters. The molecule has 1 heterocycles. The highest BCUT2D eigenvalue weighted by Crippen LogP contribution is 2.44. The second-order valence-corrected chi connectivity index (χ2v) is 9.11. The summed E-state index contributed by atoms with van der Waals surface area (Å²) >= 11 is 0. The summed E-state index contributed by atoms with van der Waals surface area (Å²) < 4.78 is 14.1. The van der Waals surface area contributed by atoms with E-state index in [4.69, 9.17) is 5.73 Å². The molecule has 7 N–H and O–H groups in total. The number of nitrogens with two attached hydrogens (primary N) is 1. The zero-order chi connectivity index (χ0) is 28.0. The molecular weight excluding hydrogens is 515 g/mol. The molecule has 1 aromatic heterocycles. The minimum absolute atomic E-state index is 0.0242. The molecule has 0 bridgehead atoms. The fourth-order valence-electron chi connectivity index (χ4n) is 4.63. The number of phenols is 1. The van der Waals surface area contributed by atoms with Crippen molar-refractivity contribution < 1.29 is 24.7 Å². The van der Waals surface area contributed by atoms with Crippen molar-refractivity contribution in [3.8, 4) is 5.75 Å². The van der Waals surface area contributed by atoms with E-state index < -0.39 is 11.7 Å². The Morgan fingerprint density at radius 2 is 1.73 bits per heavy atom. The Balaban J connectivity index is 1.54. The van der Waals surface area contributed by atoms with Gasteiger partial charge in [-0.3, -0.25) is 15.2 Å². The smallest absolute Gasteiger partial charge is 0.259 e. The van der Waals surface area contributed by atoms with E-state index >= 15 is 0 Å². The lowest BCUT2D eigenvalue weighted by molar-refractivity contribution is 0.0291. The minimum Gasteiger partial charge on any atom is -0.505 e. The highest BCUT2D eigenvalue weighted by molar-refractivity contribution is 6.22. The number of aromatic amines is 1. The van der Waals surface area contributed by atoms with E-state index in [1.54, 1.807) is 48.5 Å². The standard InChI is InChI=1S/C29H21FN6O4/c30-16-5-11-24-22(13-16)21-10-4-15-12-23(29(38)32-19-2-1-3-20(14-19)36(39)40)28(37)27(25(15)26(21)33-24)35-34-18-8-6-17(31)7-9-18/h1-14,33,37,39-40H,31H2,(H,32,38). The lowest BCUT2D eigenvalue weighted by atomic mass is 10.00. The largest absolute Gasteiger partial charge is 0.505 e. The van der Waals surface area contributed by atoms with Crippen molar-refractivity contribution in [1.29, 1.82) is 0 Å². The number of phenolic OH excluding ortho intramolecular Hbond substituents is 1. The fourth-order valence-corrected chi connectivity index (χ4v) is 4.63. The van der Waals surface area contributed by atoms with Crippen LogP contribution in [-0.2, 0) is 0 Å². The molecule has 10 nitrogen and oxygen atoms in total. The van der Waals surface area contributed by atoms with E-state index in [1.807, 2.05) is 0 Å². The number of carbonyl (C=O) groups is 1. The number of aromatic nitrogens is 1. The summed E-state index contributed by atoms with van der Waals surface area (Å²) in [4.78, 5) is 16.6. The molecule has 0 atom stereocenters. The van der Waals surface area contributed by atoms with Crippen molar-refractivity contribution in [2.24, 2.45) is 10.2 Å². The zero-order valence-corrected chi connectivity index (χ0v) is 20.6. The molecule has 0 aliphatic heterocycles. The molecule has 6 rings (SSSR count). The van der Waals surface area contributed by atoms with Gasteiger partial charge in [0.2, 0.25) is 0 Å². The first-order chi connectivity index (χ1) is 19.3. The molecule has 6 aromatic rings. The molecule has 40 heavy (non-hydrogen) atoms. The summed E-state index contributed by atoms with van der Waals surface area (Å²) in [5.74, 6) is -1.48. The first-order valence-electron chi connectivity index (χ1n) is 12.0. The third kappa shape index (κ3) is 4.41. The van der Waals surface area contributed by atoms with Crippen LogP contribution < -0.4 is 16.3 Å². The van der Waals surface area contributed by atoms with Crippen LogP contribution in [0.25, 0.3) is 32.6 Å². The van der Waals surface area contributed by atoms with E-state index in [2.05, 4.69) is 20.5 Å². The van der Waals surface area contributed by atoms with Gasteiger partial charge in [0.25, 0.3) is 5.91 Å². The number of anilines is 3. The van der Waals surface area contributed by atoms with Crippen LogP contribution in [0.1, 0.15) is 10.4 Å². The average Bonchev–Trinajstić information content (AvgIpc) is 3.31. The van der Waals surface area contributed by atoms with Gasteiger partial charge in [0, 0.05) is 33.1 Å². The summed E-state index contributed by atoms with van der Waals surface area (Å²) in [5.41, 5.74) is 8.29. The van der Waals surface area contributed by atoms with Gasteiger partial charge in [-0.15, -0.1) is 10.3 Å². The quantitative estimate of drug-likeness (QED) is 0.0779. The number of rotatable bonds is 5. The van der Waals surface area contributed by atoms with Crippen LogP contribution in [0.15, 0.2) is 95.2 Å². The number of hydrogen-bond donors (Lipinski definition) is 6. The van der Waals surface area contributed by atoms with Crippen LogP contribution in [0.4, 0.5) is 32.8 Å². The van der Waals surface area contributed by atoms with E-state index in [0.717, 1.165) is 0 Å². The van der Waals surface area contributed by atoms with Crippen molar-refractivity contribution in [2.45, 2.75) is 0 Å². The first kappa shape index (κ1) is 24.8. The van der Waals surface area contributed by atoms with Crippen LogP contribution in [0.2, 0.25) is 0 Å². The van der Waals surface area contributed by atoms with Crippen molar-refractivity contribution in [1.82, 2.24) is 4.98 Å². The molecule has 11 heteroatoms. The molecule has 0 aliphatic rings. The highest BCUT2D eigenvalue weighted by Gasteiger charge is 2.22. The van der Waals surface area contributed by atoms with Crippen molar-refractivity contribution >= 4 is 66.9 Å². The number of halogens is 1. The van der Waals surface area contributed by atoms with Gasteiger partial charge >= 0.3 is 0 Å². The highest BCUT2D eigenvalue weighted by atomic mass is 19.1. The van der Waals surface area contributed by atoms with Crippen LogP contribution in [0.5, 0.6) is 5.75 Å². The Morgan fingerprint density at radius 1 is 0.925 bits per heavy atom. The fraction of sp³-hybridized carbons (Fsp3) is 0. The number of nitrogens with one attached hydrogen (secondary N) is 2.